The number of thioether (sulfide) groups is 1. The van der Waals surface area contributed by atoms with Gasteiger partial charge < -0.3 is 40.2 Å². The molecular weight excluding hydrogens is 603 g/mol. The average Bonchev–Trinajstić information content (AvgIpc) is 3.39. The van der Waals surface area contributed by atoms with Gasteiger partial charge in [0.15, 0.2) is 16.6 Å². The highest BCUT2D eigenvalue weighted by molar-refractivity contribution is 8.00. The number of carboxylic acid groups (broad SMARTS) is 1. The van der Waals surface area contributed by atoms with E-state index >= 15 is 0 Å². The molecule has 1 fully saturated rings. The summed E-state index contributed by atoms with van der Waals surface area (Å²) in [6, 6.07) is 2.15. The summed E-state index contributed by atoms with van der Waals surface area (Å²) >= 11 is 2.15. The van der Waals surface area contributed by atoms with E-state index in [-0.39, 0.29) is 33.3 Å². The second kappa shape index (κ2) is 11.9. The van der Waals surface area contributed by atoms with Crippen LogP contribution in [0.15, 0.2) is 40.7 Å². The zero-order valence-electron chi connectivity index (χ0n) is 21.3. The highest BCUT2D eigenvalue weighted by Crippen LogP contribution is 2.50. The molecule has 15 nitrogen and oxygen atoms in total. The van der Waals surface area contributed by atoms with Gasteiger partial charge in [0.05, 0.1) is 16.8 Å². The number of phenols is 2. The second-order valence-corrected chi connectivity index (χ2v) is 12.5. The molecule has 0 unspecified atom stereocenters. The summed E-state index contributed by atoms with van der Waals surface area (Å²) in [6.45, 7) is -0.468. The first-order valence-corrected chi connectivity index (χ1v) is 15.0. The number of amides is 2. The molecule has 2 amide bonds. The Bertz CT molecular complexity index is 1530. The summed E-state index contributed by atoms with van der Waals surface area (Å²) in [5.74, 6) is -3.89. The number of aromatic hydroxyl groups is 2. The number of nitrogens with one attached hydrogen (secondary N) is 1. The first-order valence-electron chi connectivity index (χ1n) is 11.4. The number of carbonyl (C=O) groups excluding carboxylic acids is 3. The van der Waals surface area contributed by atoms with Gasteiger partial charge in [-0.15, -0.1) is 23.1 Å². The highest BCUT2D eigenvalue weighted by Gasteiger charge is 2.54. The molecule has 0 bridgehead atoms. The van der Waals surface area contributed by atoms with E-state index in [1.54, 1.807) is 0 Å². The van der Waals surface area contributed by atoms with Gasteiger partial charge in [0, 0.05) is 36.7 Å². The number of thiazole rings is 1. The number of esters is 1. The van der Waals surface area contributed by atoms with Gasteiger partial charge in [-0.25, -0.2) is 14.6 Å². The zero-order chi connectivity index (χ0) is 30.1. The average molecular weight is 627 g/mol. The van der Waals surface area contributed by atoms with Crippen LogP contribution in [0.3, 0.4) is 0 Å². The maximum atomic E-state index is 13.2. The van der Waals surface area contributed by atoms with Crippen LogP contribution in [0.1, 0.15) is 16.1 Å². The quantitative estimate of drug-likeness (QED) is 0.0829. The normalized spacial score (nSPS) is 18.9. The molecule has 1 aromatic carbocycles. The Morgan fingerprint density at radius 2 is 1.95 bits per heavy atom. The lowest BCUT2D eigenvalue weighted by Crippen LogP contribution is -2.70. The van der Waals surface area contributed by atoms with Gasteiger partial charge in [-0.1, -0.05) is 0 Å². The van der Waals surface area contributed by atoms with Gasteiger partial charge in [-0.3, -0.25) is 19.1 Å². The molecule has 4 rings (SSSR count). The SMILES string of the molecule is COP(=O)(/C=C(\C(=O)N[C@@H]1C(=O)N2C(C(=O)O)=C(COC(=O)c3ccc(O)c(O)c3)CS[C@H]12)c1csc(N)n1)OC. The fraction of sp³-hybridized carbons (Fsp3) is 0.261. The maximum absolute atomic E-state index is 13.2. The predicted octanol–water partition coefficient (Wildman–Crippen LogP) is 1.56. The molecule has 0 radical (unpaired) electrons. The Kier molecular flexibility index (Phi) is 8.74. The fourth-order valence-corrected chi connectivity index (χ4v) is 6.71. The minimum absolute atomic E-state index is 0.0461. The summed E-state index contributed by atoms with van der Waals surface area (Å²) in [7, 11) is -1.60. The van der Waals surface area contributed by atoms with E-state index in [9.17, 15) is 39.1 Å². The molecule has 6 N–H and O–H groups in total. The molecular formula is C23H23N4O11PS2. The number of carboxylic acids is 1. The van der Waals surface area contributed by atoms with Crippen LogP contribution in [0, 0.1) is 0 Å². The lowest BCUT2D eigenvalue weighted by atomic mass is 10.0. The first kappa shape index (κ1) is 30.1. The molecule has 0 spiro atoms. The molecule has 3 heterocycles. The Labute approximate surface area is 240 Å². The number of aliphatic carboxylic acids is 1. The third-order valence-electron chi connectivity index (χ3n) is 5.96. The minimum Gasteiger partial charge on any atom is -0.504 e. The van der Waals surface area contributed by atoms with Gasteiger partial charge in [0.2, 0.25) is 0 Å². The Balaban J connectivity index is 1.52. The summed E-state index contributed by atoms with van der Waals surface area (Å²) in [6.07, 6.45) is 0. The maximum Gasteiger partial charge on any atom is 0.354 e. The largest absolute Gasteiger partial charge is 0.504 e. The van der Waals surface area contributed by atoms with Gasteiger partial charge in [-0.05, 0) is 18.2 Å². The summed E-state index contributed by atoms with van der Waals surface area (Å²) < 4.78 is 27.7. The number of β-lactam (4-membered cyclic amide) rings is 1. The van der Waals surface area contributed by atoms with Crippen molar-refractivity contribution in [2.45, 2.75) is 11.4 Å². The minimum atomic E-state index is -3.85. The van der Waals surface area contributed by atoms with E-state index in [1.165, 1.54) is 11.4 Å². The van der Waals surface area contributed by atoms with Gasteiger partial charge in [0.25, 0.3) is 11.8 Å². The first-order chi connectivity index (χ1) is 19.4. The number of aromatic nitrogens is 1. The highest BCUT2D eigenvalue weighted by atomic mass is 32.2. The number of rotatable bonds is 10. The molecule has 2 aromatic rings. The molecule has 0 saturated carbocycles. The smallest absolute Gasteiger partial charge is 0.354 e. The molecule has 41 heavy (non-hydrogen) atoms. The third-order valence-corrected chi connectivity index (χ3v) is 9.57. The van der Waals surface area contributed by atoms with Crippen LogP contribution in [-0.2, 0) is 32.7 Å². The molecule has 18 heteroatoms. The monoisotopic (exact) mass is 626 g/mol. The van der Waals surface area contributed by atoms with Crippen LogP contribution >= 0.6 is 30.7 Å². The lowest BCUT2D eigenvalue weighted by molar-refractivity contribution is -0.150. The van der Waals surface area contributed by atoms with Crippen molar-refractivity contribution in [1.29, 1.82) is 0 Å². The van der Waals surface area contributed by atoms with Crippen molar-refractivity contribution in [3.8, 4) is 11.5 Å². The summed E-state index contributed by atoms with van der Waals surface area (Å²) in [4.78, 5) is 55.8. The molecule has 2 aliphatic rings. The van der Waals surface area contributed by atoms with Crippen LogP contribution in [0.2, 0.25) is 0 Å². The van der Waals surface area contributed by atoms with E-state index < -0.39 is 66.6 Å². The molecule has 2 aliphatic heterocycles. The Morgan fingerprint density at radius 3 is 2.54 bits per heavy atom. The number of nitrogen functional groups attached to an aromatic ring is 1. The number of ether oxygens (including phenoxy) is 1. The van der Waals surface area contributed by atoms with Crippen molar-refractivity contribution in [2.75, 3.05) is 32.3 Å². The van der Waals surface area contributed by atoms with Crippen molar-refractivity contribution < 1.29 is 52.8 Å². The number of carbonyl (C=O) groups is 4. The van der Waals surface area contributed by atoms with E-state index in [1.807, 2.05) is 0 Å². The number of benzene rings is 1. The topological polar surface area (TPSA) is 228 Å². The zero-order valence-corrected chi connectivity index (χ0v) is 23.8. The predicted molar refractivity (Wildman–Crippen MR) is 146 cm³/mol. The number of hydrogen-bond donors (Lipinski definition) is 5. The third kappa shape index (κ3) is 6.08. The fourth-order valence-electron chi connectivity index (χ4n) is 3.89. The number of nitrogens with zero attached hydrogens (tertiary/aromatic N) is 2. The van der Waals surface area contributed by atoms with Gasteiger partial charge >= 0.3 is 19.5 Å². The number of anilines is 1. The number of phenolic OH excluding ortho intramolecular Hbond substituents is 2. The van der Waals surface area contributed by atoms with Crippen molar-refractivity contribution >= 4 is 65.2 Å². The van der Waals surface area contributed by atoms with Crippen LogP contribution in [-0.4, -0.2) is 87.0 Å². The molecule has 1 saturated heterocycles. The van der Waals surface area contributed by atoms with Crippen LogP contribution < -0.4 is 11.1 Å². The Morgan fingerprint density at radius 1 is 1.24 bits per heavy atom. The van der Waals surface area contributed by atoms with Crippen molar-refractivity contribution in [2.24, 2.45) is 0 Å². The van der Waals surface area contributed by atoms with Gasteiger partial charge in [0.1, 0.15) is 23.7 Å². The van der Waals surface area contributed by atoms with E-state index in [4.69, 9.17) is 19.5 Å². The van der Waals surface area contributed by atoms with Gasteiger partial charge in [-0.2, -0.15) is 0 Å². The summed E-state index contributed by atoms with van der Waals surface area (Å²) in [5, 5.41) is 32.1. The van der Waals surface area contributed by atoms with Crippen molar-refractivity contribution in [3.63, 3.8) is 0 Å². The van der Waals surface area contributed by atoms with E-state index in [0.717, 1.165) is 60.2 Å². The van der Waals surface area contributed by atoms with E-state index in [0.29, 0.717) is 0 Å². The number of hydrogen-bond acceptors (Lipinski definition) is 14. The van der Waals surface area contributed by atoms with Crippen LogP contribution in [0.5, 0.6) is 11.5 Å². The summed E-state index contributed by atoms with van der Waals surface area (Å²) in [5.41, 5.74) is 5.18. The number of nitrogens with two attached hydrogens (primary N) is 1. The molecule has 218 valence electrons. The van der Waals surface area contributed by atoms with Crippen LogP contribution in [0.25, 0.3) is 5.57 Å². The Hall–Kier alpha value is -3.89. The van der Waals surface area contributed by atoms with Crippen molar-refractivity contribution in [3.05, 3.63) is 51.9 Å². The van der Waals surface area contributed by atoms with Crippen LogP contribution in [0.4, 0.5) is 5.13 Å². The molecule has 1 aromatic heterocycles. The van der Waals surface area contributed by atoms with Crippen molar-refractivity contribution in [1.82, 2.24) is 15.2 Å². The standard InChI is InChI=1S/C23H23N4O11PS2/c1-36-39(35,37-2)7-12(13-9-41-23(24)25-13)18(30)26-16-19(31)27-17(21(32)33)11(8-40-20(16)27)6-38-22(34)10-3-4-14(28)15(29)5-10/h3-5,7,9,16,20,28-29H,6,8H2,1-2H3,(H2,24,25)(H,26,30)(H,32,33)/b12-7-/t16-,20-/m1/s1. The lowest BCUT2D eigenvalue weighted by Gasteiger charge is -2.49. The van der Waals surface area contributed by atoms with E-state index in [2.05, 4.69) is 10.3 Å². The second-order valence-electron chi connectivity index (χ2n) is 8.42. The number of fused-ring (bicyclic) bond motifs is 1. The molecule has 2 atom stereocenters. The molecule has 0 aliphatic carbocycles.